The molecule has 228 valence electrons. The molecule has 0 radical (unpaired) electrons. The van der Waals surface area contributed by atoms with Crippen LogP contribution in [0.1, 0.15) is 66.1 Å². The second kappa shape index (κ2) is 11.7. The molecule has 0 unspecified atom stereocenters. The van der Waals surface area contributed by atoms with E-state index in [0.717, 1.165) is 43.6 Å². The summed E-state index contributed by atoms with van der Waals surface area (Å²) >= 11 is 13.1. The van der Waals surface area contributed by atoms with E-state index in [1.165, 1.54) is 5.56 Å². The molecule has 3 heterocycles. The number of para-hydroxylation sites is 1. The van der Waals surface area contributed by atoms with Crippen LogP contribution in [-0.4, -0.2) is 61.3 Å². The number of ether oxygens (including phenoxy) is 2. The van der Waals surface area contributed by atoms with Crippen LogP contribution in [0.15, 0.2) is 48.7 Å². The van der Waals surface area contributed by atoms with E-state index < -0.39 is 21.2 Å². The number of hydrogen-bond acceptors (Lipinski definition) is 7. The Kier molecular flexibility index (Phi) is 7.92. The van der Waals surface area contributed by atoms with E-state index in [1.807, 2.05) is 41.2 Å². The fourth-order valence-electron chi connectivity index (χ4n) is 6.83. The summed E-state index contributed by atoms with van der Waals surface area (Å²) in [6.07, 6.45) is 7.13. The summed E-state index contributed by atoms with van der Waals surface area (Å²) in [5, 5.41) is 5.18. The molecule has 2 saturated carbocycles. The number of nitrogens with one attached hydrogen (secondary N) is 1. The Labute approximate surface area is 261 Å². The lowest BCUT2D eigenvalue weighted by Gasteiger charge is -2.33. The van der Waals surface area contributed by atoms with E-state index in [-0.39, 0.29) is 6.10 Å². The molecule has 1 amide bonds. The first-order valence-electron chi connectivity index (χ1n) is 14.9. The summed E-state index contributed by atoms with van der Waals surface area (Å²) in [6.45, 7) is 2.09. The molecule has 43 heavy (non-hydrogen) atoms. The molecule has 3 atom stereocenters. The number of aromatic nitrogens is 2. The van der Waals surface area contributed by atoms with Gasteiger partial charge >= 0.3 is 0 Å². The van der Waals surface area contributed by atoms with Gasteiger partial charge in [0.15, 0.2) is 0 Å². The van der Waals surface area contributed by atoms with E-state index in [9.17, 15) is 13.2 Å². The molecule has 4 fully saturated rings. The highest BCUT2D eigenvalue weighted by Gasteiger charge is 2.45. The standard InChI is InChI=1S/C31H34Cl2N4O5S/c32-26-2-1-3-27(33)30(26)37-28(25(16-34-37)19-4-5-19)18-42-29-15-23-14-21(29)17-36(23)22-8-6-20(7-9-22)31(38)35-43(39,40)24-10-12-41-13-11-24/h1-3,6-9,16,19,21,23-24,29H,4-5,10-15,17-18H2,(H,35,38)/t21-,23-,29+/m0/s1. The van der Waals surface area contributed by atoms with Gasteiger partial charge in [0, 0.05) is 43.0 Å². The van der Waals surface area contributed by atoms with Gasteiger partial charge in [0.05, 0.1) is 39.9 Å². The number of carbonyl (C=O) groups excluding carboxylic acids is 1. The van der Waals surface area contributed by atoms with Crippen molar-refractivity contribution >= 4 is 44.8 Å². The van der Waals surface area contributed by atoms with Crippen molar-refractivity contribution in [3.05, 3.63) is 75.5 Å². The number of rotatable bonds is 9. The highest BCUT2D eigenvalue weighted by atomic mass is 35.5. The molecule has 2 bridgehead atoms. The van der Waals surface area contributed by atoms with Crippen molar-refractivity contribution in [2.24, 2.45) is 5.92 Å². The third-order valence-corrected chi connectivity index (χ3v) is 11.7. The molecule has 2 aliphatic heterocycles. The van der Waals surface area contributed by atoms with Crippen LogP contribution in [0.2, 0.25) is 10.0 Å². The van der Waals surface area contributed by atoms with Crippen molar-refractivity contribution in [1.29, 1.82) is 0 Å². The number of fused-ring (bicyclic) bond motifs is 2. The summed E-state index contributed by atoms with van der Waals surface area (Å²) in [5.74, 6) is 0.302. The first kappa shape index (κ1) is 29.1. The zero-order valence-electron chi connectivity index (χ0n) is 23.6. The maximum absolute atomic E-state index is 12.7. The average Bonchev–Trinajstić information content (AvgIpc) is 3.45. The first-order chi connectivity index (χ1) is 20.8. The Morgan fingerprint density at radius 3 is 2.40 bits per heavy atom. The quantitative estimate of drug-likeness (QED) is 0.329. The van der Waals surface area contributed by atoms with Crippen LogP contribution < -0.4 is 9.62 Å². The second-order valence-electron chi connectivity index (χ2n) is 12.0. The van der Waals surface area contributed by atoms with Crippen molar-refractivity contribution in [3.63, 3.8) is 0 Å². The second-order valence-corrected chi connectivity index (χ2v) is 14.8. The van der Waals surface area contributed by atoms with Gasteiger partial charge in [0.25, 0.3) is 5.91 Å². The van der Waals surface area contributed by atoms with Gasteiger partial charge in [0.2, 0.25) is 10.0 Å². The number of anilines is 1. The number of piperidine rings is 1. The van der Waals surface area contributed by atoms with Gasteiger partial charge in [-0.05, 0) is 86.4 Å². The van der Waals surface area contributed by atoms with E-state index in [4.69, 9.17) is 32.7 Å². The van der Waals surface area contributed by atoms with Gasteiger partial charge in [-0.25, -0.2) is 17.8 Å². The molecule has 0 spiro atoms. The largest absolute Gasteiger partial charge is 0.381 e. The Bertz CT molecular complexity index is 1600. The van der Waals surface area contributed by atoms with Crippen LogP contribution in [-0.2, 0) is 26.1 Å². The molecular weight excluding hydrogens is 611 g/mol. The lowest BCUT2D eigenvalue weighted by Crippen LogP contribution is -2.41. The number of hydrogen-bond donors (Lipinski definition) is 1. The number of sulfonamides is 1. The van der Waals surface area contributed by atoms with Crippen LogP contribution in [0.5, 0.6) is 0 Å². The predicted molar refractivity (Wildman–Crippen MR) is 165 cm³/mol. The SMILES string of the molecule is O=C(NS(=O)(=O)C1CCOCC1)c1ccc(N2C[C@@H]3C[C@H]2C[C@H]3OCc2c(C3CC3)cnn2-c2c(Cl)cccc2Cl)cc1. The first-order valence-corrected chi connectivity index (χ1v) is 17.2. The molecule has 4 aliphatic rings. The Morgan fingerprint density at radius 1 is 1.02 bits per heavy atom. The Balaban J connectivity index is 0.986. The molecule has 9 nitrogen and oxygen atoms in total. The van der Waals surface area contributed by atoms with E-state index >= 15 is 0 Å². The van der Waals surface area contributed by atoms with E-state index in [0.29, 0.717) is 71.8 Å². The van der Waals surface area contributed by atoms with Gasteiger partial charge in [-0.15, -0.1) is 0 Å². The maximum atomic E-state index is 12.7. The topological polar surface area (TPSA) is 103 Å². The van der Waals surface area contributed by atoms with Crippen molar-refractivity contribution in [2.45, 2.75) is 68.4 Å². The Hall–Kier alpha value is -2.63. The van der Waals surface area contributed by atoms with Gasteiger partial charge in [0.1, 0.15) is 5.69 Å². The third kappa shape index (κ3) is 5.80. The molecule has 1 N–H and O–H groups in total. The van der Waals surface area contributed by atoms with Crippen LogP contribution in [0.4, 0.5) is 5.69 Å². The number of benzene rings is 2. The van der Waals surface area contributed by atoms with Crippen LogP contribution in [0, 0.1) is 5.92 Å². The molecule has 2 aromatic carbocycles. The van der Waals surface area contributed by atoms with E-state index in [2.05, 4.69) is 14.7 Å². The summed E-state index contributed by atoms with van der Waals surface area (Å²) in [7, 11) is -3.74. The maximum Gasteiger partial charge on any atom is 0.264 e. The predicted octanol–water partition coefficient (Wildman–Crippen LogP) is 5.48. The molecule has 7 rings (SSSR count). The molecule has 3 aromatic rings. The van der Waals surface area contributed by atoms with Crippen molar-refractivity contribution in [2.75, 3.05) is 24.7 Å². The normalized spacial score (nSPS) is 24.0. The number of halogens is 2. The lowest BCUT2D eigenvalue weighted by molar-refractivity contribution is 0.00993. The van der Waals surface area contributed by atoms with Crippen LogP contribution in [0.25, 0.3) is 5.69 Å². The molecule has 12 heteroatoms. The molecular formula is C31H34Cl2N4O5S. The minimum Gasteiger partial charge on any atom is -0.381 e. The number of nitrogens with zero attached hydrogens (tertiary/aromatic N) is 3. The minimum absolute atomic E-state index is 0.138. The third-order valence-electron chi connectivity index (χ3n) is 9.28. The van der Waals surface area contributed by atoms with Gasteiger partial charge in [-0.2, -0.15) is 5.10 Å². The smallest absolute Gasteiger partial charge is 0.264 e. The van der Waals surface area contributed by atoms with Crippen molar-refractivity contribution in [3.8, 4) is 5.69 Å². The van der Waals surface area contributed by atoms with Gasteiger partial charge < -0.3 is 14.4 Å². The fraction of sp³-hybridized carbons (Fsp3) is 0.484. The molecule has 2 aliphatic carbocycles. The highest BCUT2D eigenvalue weighted by molar-refractivity contribution is 7.90. The summed E-state index contributed by atoms with van der Waals surface area (Å²) in [6, 6.07) is 13.0. The van der Waals surface area contributed by atoms with Crippen LogP contribution >= 0.6 is 23.2 Å². The van der Waals surface area contributed by atoms with Crippen molar-refractivity contribution in [1.82, 2.24) is 14.5 Å². The zero-order valence-corrected chi connectivity index (χ0v) is 26.0. The van der Waals surface area contributed by atoms with Gasteiger partial charge in [-0.1, -0.05) is 29.3 Å². The summed E-state index contributed by atoms with van der Waals surface area (Å²) < 4.78 is 41.2. The molecule has 1 aromatic heterocycles. The minimum atomic E-state index is -3.74. The fourth-order valence-corrected chi connectivity index (χ4v) is 8.74. The summed E-state index contributed by atoms with van der Waals surface area (Å²) in [5.41, 5.74) is 4.27. The average molecular weight is 646 g/mol. The lowest BCUT2D eigenvalue weighted by atomic mass is 10.0. The molecule has 2 saturated heterocycles. The monoisotopic (exact) mass is 644 g/mol. The van der Waals surface area contributed by atoms with E-state index in [1.54, 1.807) is 12.1 Å². The van der Waals surface area contributed by atoms with Gasteiger partial charge in [-0.3, -0.25) is 4.79 Å². The van der Waals surface area contributed by atoms with Crippen molar-refractivity contribution < 1.29 is 22.7 Å². The zero-order chi connectivity index (χ0) is 29.7. The number of amides is 1. The number of carbonyl (C=O) groups is 1. The van der Waals surface area contributed by atoms with Crippen LogP contribution in [0.3, 0.4) is 0 Å². The summed E-state index contributed by atoms with van der Waals surface area (Å²) in [4.78, 5) is 15.1. The highest BCUT2D eigenvalue weighted by Crippen LogP contribution is 2.45. The Morgan fingerprint density at radius 2 is 1.74 bits per heavy atom.